The first-order valence-corrected chi connectivity index (χ1v) is 9.76. The standard InChI is InChI=1S/C16H36N4.C2H6/c1-2-17-11-5-12-19-14-6-13-18-9-3-4-10-20-15-16-7-8-16;1-2/h16-20H,2-15H2,1H3;1-2H3. The average molecular weight is 315 g/mol. The quantitative estimate of drug-likeness (QED) is 0.330. The first-order chi connectivity index (χ1) is 10.9. The maximum absolute atomic E-state index is 3.54. The van der Waals surface area contributed by atoms with E-state index in [-0.39, 0.29) is 0 Å². The fourth-order valence-corrected chi connectivity index (χ4v) is 2.23. The summed E-state index contributed by atoms with van der Waals surface area (Å²) in [5, 5.41) is 13.9. The molecule has 134 valence electrons. The topological polar surface area (TPSA) is 48.1 Å². The fraction of sp³-hybridized carbons (Fsp3) is 1.00. The molecule has 1 saturated carbocycles. The van der Waals surface area contributed by atoms with E-state index in [9.17, 15) is 0 Å². The van der Waals surface area contributed by atoms with Gasteiger partial charge in [0.25, 0.3) is 0 Å². The highest BCUT2D eigenvalue weighted by Crippen LogP contribution is 2.27. The summed E-state index contributed by atoms with van der Waals surface area (Å²) in [6.45, 7) is 15.4. The van der Waals surface area contributed by atoms with Crippen molar-refractivity contribution >= 4 is 0 Å². The first kappa shape index (κ1) is 21.8. The molecule has 1 rings (SSSR count). The second-order valence-corrected chi connectivity index (χ2v) is 5.92. The molecule has 0 aromatic carbocycles. The zero-order chi connectivity index (χ0) is 16.3. The van der Waals surface area contributed by atoms with Crippen LogP contribution in [0.25, 0.3) is 0 Å². The predicted molar refractivity (Wildman–Crippen MR) is 99.7 cm³/mol. The molecule has 0 atom stereocenters. The summed E-state index contributed by atoms with van der Waals surface area (Å²) in [7, 11) is 0. The summed E-state index contributed by atoms with van der Waals surface area (Å²) in [5.41, 5.74) is 0. The number of nitrogens with one attached hydrogen (secondary N) is 4. The minimum atomic E-state index is 1.01. The molecule has 0 aromatic rings. The monoisotopic (exact) mass is 314 g/mol. The van der Waals surface area contributed by atoms with Crippen molar-refractivity contribution < 1.29 is 0 Å². The van der Waals surface area contributed by atoms with Crippen LogP contribution in [0.3, 0.4) is 0 Å². The molecule has 4 N–H and O–H groups in total. The molecule has 4 heteroatoms. The number of unbranched alkanes of at least 4 members (excludes halogenated alkanes) is 1. The molecular formula is C18H42N4. The van der Waals surface area contributed by atoms with Gasteiger partial charge in [-0.2, -0.15) is 0 Å². The molecule has 1 fully saturated rings. The maximum atomic E-state index is 3.54. The van der Waals surface area contributed by atoms with Crippen LogP contribution in [-0.4, -0.2) is 52.4 Å². The number of rotatable bonds is 16. The van der Waals surface area contributed by atoms with Crippen molar-refractivity contribution in [3.8, 4) is 0 Å². The summed E-state index contributed by atoms with van der Waals surface area (Å²) in [6, 6.07) is 0. The van der Waals surface area contributed by atoms with Gasteiger partial charge in [0.1, 0.15) is 0 Å². The van der Waals surface area contributed by atoms with Gasteiger partial charge in [-0.1, -0.05) is 20.8 Å². The van der Waals surface area contributed by atoms with Crippen molar-refractivity contribution in [1.82, 2.24) is 21.3 Å². The molecule has 0 radical (unpaired) electrons. The van der Waals surface area contributed by atoms with Crippen LogP contribution >= 0.6 is 0 Å². The number of hydrogen-bond acceptors (Lipinski definition) is 4. The molecule has 0 spiro atoms. The highest BCUT2D eigenvalue weighted by molar-refractivity contribution is 4.74. The van der Waals surface area contributed by atoms with Gasteiger partial charge in [-0.3, -0.25) is 0 Å². The molecule has 22 heavy (non-hydrogen) atoms. The second kappa shape index (κ2) is 18.9. The van der Waals surface area contributed by atoms with Crippen molar-refractivity contribution in [2.75, 3.05) is 52.4 Å². The van der Waals surface area contributed by atoms with Gasteiger partial charge in [-0.25, -0.2) is 0 Å². The van der Waals surface area contributed by atoms with Crippen LogP contribution in [-0.2, 0) is 0 Å². The third-order valence-electron chi connectivity index (χ3n) is 3.75. The Bertz CT molecular complexity index is 196. The predicted octanol–water partition coefficient (Wildman–Crippen LogP) is 2.36. The Morgan fingerprint density at radius 1 is 0.636 bits per heavy atom. The Hall–Kier alpha value is -0.160. The molecule has 1 aliphatic carbocycles. The van der Waals surface area contributed by atoms with Crippen molar-refractivity contribution in [2.45, 2.75) is 59.3 Å². The number of hydrogen-bond donors (Lipinski definition) is 4. The highest BCUT2D eigenvalue weighted by atomic mass is 14.9. The zero-order valence-electron chi connectivity index (χ0n) is 15.5. The van der Waals surface area contributed by atoms with E-state index in [0.29, 0.717) is 0 Å². The minimum absolute atomic E-state index is 1.01. The van der Waals surface area contributed by atoms with E-state index in [0.717, 1.165) is 38.6 Å². The van der Waals surface area contributed by atoms with Gasteiger partial charge >= 0.3 is 0 Å². The third kappa shape index (κ3) is 17.9. The maximum Gasteiger partial charge on any atom is -0.00205 e. The van der Waals surface area contributed by atoms with Crippen LogP contribution in [0.1, 0.15) is 59.3 Å². The smallest absolute Gasteiger partial charge is 0.00205 e. The summed E-state index contributed by atoms with van der Waals surface area (Å²) in [5.74, 6) is 1.01. The molecule has 0 aliphatic heterocycles. The first-order valence-electron chi connectivity index (χ1n) is 9.76. The van der Waals surface area contributed by atoms with E-state index in [4.69, 9.17) is 0 Å². The fourth-order valence-electron chi connectivity index (χ4n) is 2.23. The Morgan fingerprint density at radius 2 is 1.09 bits per heavy atom. The van der Waals surface area contributed by atoms with E-state index in [1.165, 1.54) is 58.2 Å². The average Bonchev–Trinajstić information content (AvgIpc) is 3.37. The second-order valence-electron chi connectivity index (χ2n) is 5.92. The molecule has 0 heterocycles. The Labute approximate surface area is 139 Å². The Kier molecular flexibility index (Phi) is 18.8. The van der Waals surface area contributed by atoms with E-state index < -0.39 is 0 Å². The van der Waals surface area contributed by atoms with Crippen LogP contribution in [0.2, 0.25) is 0 Å². The van der Waals surface area contributed by atoms with Gasteiger partial charge < -0.3 is 21.3 Å². The summed E-state index contributed by atoms with van der Waals surface area (Å²) >= 11 is 0. The van der Waals surface area contributed by atoms with E-state index >= 15 is 0 Å². The molecule has 4 nitrogen and oxygen atoms in total. The van der Waals surface area contributed by atoms with Gasteiger partial charge in [-0.05, 0) is 96.8 Å². The molecule has 0 amide bonds. The Morgan fingerprint density at radius 3 is 1.59 bits per heavy atom. The molecule has 0 aromatic heterocycles. The van der Waals surface area contributed by atoms with Crippen LogP contribution in [0.4, 0.5) is 0 Å². The molecule has 0 unspecified atom stereocenters. The van der Waals surface area contributed by atoms with E-state index in [1.807, 2.05) is 13.8 Å². The van der Waals surface area contributed by atoms with Gasteiger partial charge in [0.2, 0.25) is 0 Å². The SMILES string of the molecule is CC.CCNCCCNCCCNCCCCNCC1CC1. The van der Waals surface area contributed by atoms with Crippen LogP contribution in [0.5, 0.6) is 0 Å². The van der Waals surface area contributed by atoms with E-state index in [1.54, 1.807) is 0 Å². The summed E-state index contributed by atoms with van der Waals surface area (Å²) < 4.78 is 0. The van der Waals surface area contributed by atoms with Crippen molar-refractivity contribution in [3.63, 3.8) is 0 Å². The van der Waals surface area contributed by atoms with Crippen LogP contribution < -0.4 is 21.3 Å². The van der Waals surface area contributed by atoms with Crippen LogP contribution in [0.15, 0.2) is 0 Å². The van der Waals surface area contributed by atoms with Crippen LogP contribution in [0, 0.1) is 5.92 Å². The third-order valence-corrected chi connectivity index (χ3v) is 3.75. The molecule has 0 bridgehead atoms. The summed E-state index contributed by atoms with van der Waals surface area (Å²) in [4.78, 5) is 0. The van der Waals surface area contributed by atoms with Crippen molar-refractivity contribution in [1.29, 1.82) is 0 Å². The molecule has 1 aliphatic rings. The van der Waals surface area contributed by atoms with Crippen molar-refractivity contribution in [2.24, 2.45) is 5.92 Å². The lowest BCUT2D eigenvalue weighted by Crippen LogP contribution is -2.26. The molecule has 0 saturated heterocycles. The Balaban J connectivity index is 0.00000211. The summed E-state index contributed by atoms with van der Waals surface area (Å²) in [6.07, 6.45) is 7.99. The van der Waals surface area contributed by atoms with Gasteiger partial charge in [0, 0.05) is 0 Å². The lowest BCUT2D eigenvalue weighted by Gasteiger charge is -2.07. The largest absolute Gasteiger partial charge is 0.317 e. The lowest BCUT2D eigenvalue weighted by molar-refractivity contribution is 0.545. The lowest BCUT2D eigenvalue weighted by atomic mass is 10.3. The van der Waals surface area contributed by atoms with Crippen molar-refractivity contribution in [3.05, 3.63) is 0 Å². The van der Waals surface area contributed by atoms with Gasteiger partial charge in [0.05, 0.1) is 0 Å². The normalized spacial score (nSPS) is 13.8. The van der Waals surface area contributed by atoms with Gasteiger partial charge in [-0.15, -0.1) is 0 Å². The zero-order valence-corrected chi connectivity index (χ0v) is 15.5. The highest BCUT2D eigenvalue weighted by Gasteiger charge is 2.19. The van der Waals surface area contributed by atoms with Gasteiger partial charge in [0.15, 0.2) is 0 Å². The van der Waals surface area contributed by atoms with E-state index in [2.05, 4.69) is 28.2 Å². The minimum Gasteiger partial charge on any atom is -0.317 e. The molecular weight excluding hydrogens is 272 g/mol.